The van der Waals surface area contributed by atoms with Gasteiger partial charge in [-0.2, -0.15) is 0 Å². The van der Waals surface area contributed by atoms with Crippen molar-refractivity contribution in [2.75, 3.05) is 0 Å². The van der Waals surface area contributed by atoms with E-state index in [0.29, 0.717) is 11.8 Å². The molecule has 0 aliphatic heterocycles. The Kier molecular flexibility index (Phi) is 1.61. The molecule has 0 unspecified atom stereocenters. The van der Waals surface area contributed by atoms with E-state index in [2.05, 4.69) is 17.6 Å². The molecule has 0 aromatic carbocycles. The molecule has 1 aromatic rings. The highest BCUT2D eigenvalue weighted by atomic mass is 16.1. The van der Waals surface area contributed by atoms with E-state index in [4.69, 9.17) is 0 Å². The van der Waals surface area contributed by atoms with Crippen molar-refractivity contribution in [3.05, 3.63) is 23.0 Å². The summed E-state index contributed by atoms with van der Waals surface area (Å²) in [4.78, 5) is 11.7. The van der Waals surface area contributed by atoms with Gasteiger partial charge in [-0.25, -0.2) is 0 Å². The van der Waals surface area contributed by atoms with Gasteiger partial charge < -0.3 is 4.57 Å². The van der Waals surface area contributed by atoms with Crippen LogP contribution in [-0.2, 0) is 6.42 Å². The largest absolute Gasteiger partial charge is 0.345 e. The molecule has 1 heterocycles. The van der Waals surface area contributed by atoms with Crippen LogP contribution in [0.5, 0.6) is 0 Å². The Hall–Kier alpha value is -1.05. The average Bonchev–Trinajstić information content (AvgIpc) is 2.91. The van der Waals surface area contributed by atoms with Gasteiger partial charge in [0.2, 0.25) is 0 Å². The number of rotatable bonds is 1. The van der Waals surface area contributed by atoms with E-state index in [1.54, 1.807) is 0 Å². The quantitative estimate of drug-likeness (QED) is 0.665. The third-order valence-electron chi connectivity index (χ3n) is 3.36. The van der Waals surface area contributed by atoms with Crippen molar-refractivity contribution in [1.29, 1.82) is 0 Å². The van der Waals surface area contributed by atoms with E-state index >= 15 is 0 Å². The molecule has 0 radical (unpaired) electrons. The van der Waals surface area contributed by atoms with Crippen molar-refractivity contribution in [3.63, 3.8) is 0 Å². The van der Waals surface area contributed by atoms with Crippen LogP contribution in [0.25, 0.3) is 0 Å². The van der Waals surface area contributed by atoms with Gasteiger partial charge in [-0.15, -0.1) is 0 Å². The summed E-state index contributed by atoms with van der Waals surface area (Å²) in [6.07, 6.45) is 5.50. The minimum absolute atomic E-state index is 0.355. The summed E-state index contributed by atoms with van der Waals surface area (Å²) in [5.41, 5.74) is 3.62. The Balaban J connectivity index is 2.15. The van der Waals surface area contributed by atoms with Crippen molar-refractivity contribution < 1.29 is 4.79 Å². The number of Topliss-reactive ketones (excluding diaryl/α,β-unsaturated/α-hetero) is 1. The minimum Gasteiger partial charge on any atom is -0.345 e. The predicted molar refractivity (Wildman–Crippen MR) is 54.7 cm³/mol. The van der Waals surface area contributed by atoms with E-state index in [1.807, 2.05) is 0 Å². The number of nitrogens with zero attached hydrogens (tertiary/aromatic N) is 1. The maximum Gasteiger partial charge on any atom is 0.164 e. The first kappa shape index (κ1) is 8.27. The number of carbonyl (C=O) groups is 1. The first-order valence-electron chi connectivity index (χ1n) is 5.51. The van der Waals surface area contributed by atoms with Crippen LogP contribution in [0.2, 0.25) is 0 Å². The number of fused-ring (bicyclic) bond motifs is 1. The summed E-state index contributed by atoms with van der Waals surface area (Å²) in [5, 5.41) is 0. The van der Waals surface area contributed by atoms with Gasteiger partial charge in [0.05, 0.1) is 0 Å². The third-order valence-corrected chi connectivity index (χ3v) is 3.36. The number of hydrogen-bond acceptors (Lipinski definition) is 1. The van der Waals surface area contributed by atoms with Crippen LogP contribution in [0.1, 0.15) is 53.5 Å². The molecule has 1 fully saturated rings. The molecule has 2 heteroatoms. The van der Waals surface area contributed by atoms with Gasteiger partial charge in [0, 0.05) is 29.4 Å². The Morgan fingerprint density at radius 2 is 2.14 bits per heavy atom. The van der Waals surface area contributed by atoms with Crippen molar-refractivity contribution in [2.45, 2.75) is 45.1 Å². The maximum atomic E-state index is 11.7. The molecule has 2 aliphatic rings. The number of ketones is 1. The smallest absolute Gasteiger partial charge is 0.164 e. The lowest BCUT2D eigenvalue weighted by atomic mass is 9.97. The van der Waals surface area contributed by atoms with Crippen LogP contribution < -0.4 is 0 Å². The fourth-order valence-electron chi connectivity index (χ4n) is 2.59. The molecule has 0 atom stereocenters. The average molecular weight is 189 g/mol. The SMILES string of the molecule is Cc1cc2c(n1C1CC1)CCCC2=O. The van der Waals surface area contributed by atoms with Gasteiger partial charge in [-0.3, -0.25) is 4.79 Å². The third kappa shape index (κ3) is 1.06. The predicted octanol–water partition coefficient (Wildman–Crippen LogP) is 2.65. The fourth-order valence-corrected chi connectivity index (χ4v) is 2.59. The zero-order valence-corrected chi connectivity index (χ0v) is 8.55. The molecule has 0 bridgehead atoms. The van der Waals surface area contributed by atoms with Crippen LogP contribution in [0.15, 0.2) is 6.07 Å². The van der Waals surface area contributed by atoms with E-state index in [-0.39, 0.29) is 0 Å². The fraction of sp³-hybridized carbons (Fsp3) is 0.583. The van der Waals surface area contributed by atoms with E-state index in [1.165, 1.54) is 24.2 Å². The molecule has 2 aliphatic carbocycles. The van der Waals surface area contributed by atoms with Crippen molar-refractivity contribution in [2.24, 2.45) is 0 Å². The van der Waals surface area contributed by atoms with Gasteiger partial charge in [0.15, 0.2) is 5.78 Å². The summed E-state index contributed by atoms with van der Waals surface area (Å²) >= 11 is 0. The van der Waals surface area contributed by atoms with Gasteiger partial charge in [0.25, 0.3) is 0 Å². The lowest BCUT2D eigenvalue weighted by Gasteiger charge is -2.15. The molecule has 0 saturated heterocycles. The van der Waals surface area contributed by atoms with E-state index in [9.17, 15) is 4.79 Å². The Labute approximate surface area is 83.9 Å². The van der Waals surface area contributed by atoms with Crippen LogP contribution >= 0.6 is 0 Å². The molecule has 0 N–H and O–H groups in total. The molecule has 1 saturated carbocycles. The first-order chi connectivity index (χ1) is 6.77. The lowest BCUT2D eigenvalue weighted by molar-refractivity contribution is 0.0972. The second-order valence-electron chi connectivity index (χ2n) is 4.52. The maximum absolute atomic E-state index is 11.7. The van der Waals surface area contributed by atoms with Gasteiger partial charge in [-0.05, 0) is 38.7 Å². The number of hydrogen-bond donors (Lipinski definition) is 0. The highest BCUT2D eigenvalue weighted by molar-refractivity contribution is 5.98. The molecule has 3 rings (SSSR count). The van der Waals surface area contributed by atoms with Gasteiger partial charge in [-0.1, -0.05) is 0 Å². The topological polar surface area (TPSA) is 22.0 Å². The molecular weight excluding hydrogens is 174 g/mol. The normalized spacial score (nSPS) is 21.1. The highest BCUT2D eigenvalue weighted by Crippen LogP contribution is 2.40. The molecule has 14 heavy (non-hydrogen) atoms. The summed E-state index contributed by atoms with van der Waals surface area (Å²) < 4.78 is 2.41. The molecule has 0 spiro atoms. The number of aromatic nitrogens is 1. The zero-order valence-electron chi connectivity index (χ0n) is 8.55. The van der Waals surface area contributed by atoms with Crippen LogP contribution in [-0.4, -0.2) is 10.4 Å². The zero-order chi connectivity index (χ0) is 9.71. The van der Waals surface area contributed by atoms with Crippen molar-refractivity contribution in [1.82, 2.24) is 4.57 Å². The van der Waals surface area contributed by atoms with E-state index < -0.39 is 0 Å². The van der Waals surface area contributed by atoms with Crippen LogP contribution in [0, 0.1) is 6.92 Å². The molecule has 1 aromatic heterocycles. The lowest BCUT2D eigenvalue weighted by Crippen LogP contribution is -2.12. The second-order valence-corrected chi connectivity index (χ2v) is 4.52. The molecule has 0 amide bonds. The molecule has 74 valence electrons. The Morgan fingerprint density at radius 1 is 1.36 bits per heavy atom. The first-order valence-corrected chi connectivity index (χ1v) is 5.51. The molecule has 2 nitrogen and oxygen atoms in total. The summed E-state index contributed by atoms with van der Waals surface area (Å²) in [5.74, 6) is 0.355. The van der Waals surface area contributed by atoms with E-state index in [0.717, 1.165) is 24.8 Å². The monoisotopic (exact) mass is 189 g/mol. The van der Waals surface area contributed by atoms with Gasteiger partial charge in [0.1, 0.15) is 0 Å². The Bertz CT molecular complexity index is 399. The van der Waals surface area contributed by atoms with Crippen molar-refractivity contribution >= 4 is 5.78 Å². The van der Waals surface area contributed by atoms with Crippen molar-refractivity contribution in [3.8, 4) is 0 Å². The highest BCUT2D eigenvalue weighted by Gasteiger charge is 2.30. The van der Waals surface area contributed by atoms with Crippen LogP contribution in [0.4, 0.5) is 0 Å². The minimum atomic E-state index is 0.355. The Morgan fingerprint density at radius 3 is 2.86 bits per heavy atom. The second kappa shape index (κ2) is 2.72. The summed E-state index contributed by atoms with van der Waals surface area (Å²) in [6.45, 7) is 2.13. The number of aryl methyl sites for hydroxylation is 1. The molecular formula is C12H15NO. The standard InChI is InChI=1S/C12H15NO/c1-8-7-10-11(3-2-4-12(10)14)13(8)9-5-6-9/h7,9H,2-6H2,1H3. The summed E-state index contributed by atoms with van der Waals surface area (Å²) in [6, 6.07) is 2.81. The number of carbonyl (C=O) groups excluding carboxylic acids is 1. The van der Waals surface area contributed by atoms with Gasteiger partial charge >= 0.3 is 0 Å². The summed E-state index contributed by atoms with van der Waals surface area (Å²) in [7, 11) is 0. The van der Waals surface area contributed by atoms with Crippen LogP contribution in [0.3, 0.4) is 0 Å².